The molecule has 1 saturated heterocycles. The predicted molar refractivity (Wildman–Crippen MR) is 81.2 cm³/mol. The zero-order valence-electron chi connectivity index (χ0n) is 12.6. The maximum atomic E-state index is 12.1. The summed E-state index contributed by atoms with van der Waals surface area (Å²) in [6, 6.07) is 7.84. The van der Waals surface area contributed by atoms with Crippen molar-refractivity contribution in [1.29, 1.82) is 0 Å². The first-order valence-corrected chi connectivity index (χ1v) is 7.51. The largest absolute Gasteiger partial charge is 0.381 e. The second kappa shape index (κ2) is 7.55. The maximum absolute atomic E-state index is 12.1. The van der Waals surface area contributed by atoms with Crippen LogP contribution in [-0.4, -0.2) is 44.0 Å². The van der Waals surface area contributed by atoms with Crippen LogP contribution in [0, 0.1) is 12.8 Å². The number of rotatable bonds is 6. The summed E-state index contributed by atoms with van der Waals surface area (Å²) in [7, 11) is 2.09. The molecule has 1 aromatic rings. The van der Waals surface area contributed by atoms with E-state index in [9.17, 15) is 4.79 Å². The van der Waals surface area contributed by atoms with E-state index in [0.29, 0.717) is 12.3 Å². The van der Waals surface area contributed by atoms with Crippen molar-refractivity contribution in [2.24, 2.45) is 5.92 Å². The van der Waals surface area contributed by atoms with Gasteiger partial charge in [-0.25, -0.2) is 0 Å². The van der Waals surface area contributed by atoms with Gasteiger partial charge in [0, 0.05) is 31.7 Å². The van der Waals surface area contributed by atoms with Crippen LogP contribution in [0.5, 0.6) is 0 Å². The van der Waals surface area contributed by atoms with E-state index < -0.39 is 0 Å². The molecule has 0 aromatic heterocycles. The Morgan fingerprint density at radius 1 is 1.35 bits per heavy atom. The standard InChI is InChI=1S/C17H25NO2/c1-14-5-7-16(8-6-14)17(19)9-10-18(2)12-15-4-3-11-20-13-15/h5-8,15H,3-4,9-13H2,1-2H3. The minimum absolute atomic E-state index is 0.233. The molecule has 0 aliphatic carbocycles. The normalized spacial score (nSPS) is 19.2. The number of hydrogen-bond donors (Lipinski definition) is 0. The van der Waals surface area contributed by atoms with Gasteiger partial charge in [-0.2, -0.15) is 0 Å². The van der Waals surface area contributed by atoms with Crippen molar-refractivity contribution >= 4 is 5.78 Å². The van der Waals surface area contributed by atoms with E-state index in [1.807, 2.05) is 31.2 Å². The average molecular weight is 275 g/mol. The van der Waals surface area contributed by atoms with E-state index in [-0.39, 0.29) is 5.78 Å². The lowest BCUT2D eigenvalue weighted by Crippen LogP contribution is -2.32. The number of hydrogen-bond acceptors (Lipinski definition) is 3. The number of carbonyl (C=O) groups is 1. The number of aryl methyl sites for hydroxylation is 1. The van der Waals surface area contributed by atoms with Crippen molar-refractivity contribution in [2.45, 2.75) is 26.2 Å². The molecule has 0 spiro atoms. The van der Waals surface area contributed by atoms with Gasteiger partial charge < -0.3 is 9.64 Å². The SMILES string of the molecule is Cc1ccc(C(=O)CCN(C)CC2CCCOC2)cc1. The molecule has 0 amide bonds. The van der Waals surface area contributed by atoms with Gasteiger partial charge in [0.2, 0.25) is 0 Å². The van der Waals surface area contributed by atoms with Crippen LogP contribution >= 0.6 is 0 Å². The average Bonchev–Trinajstić information content (AvgIpc) is 2.46. The third-order valence-electron chi connectivity index (χ3n) is 3.92. The molecule has 1 aromatic carbocycles. The molecule has 1 unspecified atom stereocenters. The highest BCUT2D eigenvalue weighted by Gasteiger charge is 2.16. The molecule has 1 aliphatic heterocycles. The van der Waals surface area contributed by atoms with Gasteiger partial charge in [0.1, 0.15) is 0 Å². The van der Waals surface area contributed by atoms with E-state index >= 15 is 0 Å². The number of nitrogens with zero attached hydrogens (tertiary/aromatic N) is 1. The summed E-state index contributed by atoms with van der Waals surface area (Å²) in [6.45, 7) is 5.67. The Morgan fingerprint density at radius 3 is 2.75 bits per heavy atom. The highest BCUT2D eigenvalue weighted by Crippen LogP contribution is 2.14. The molecular weight excluding hydrogens is 250 g/mol. The summed E-state index contributed by atoms with van der Waals surface area (Å²) >= 11 is 0. The second-order valence-corrected chi connectivity index (χ2v) is 5.88. The Morgan fingerprint density at radius 2 is 2.10 bits per heavy atom. The molecule has 2 rings (SSSR count). The summed E-state index contributed by atoms with van der Waals surface area (Å²) in [4.78, 5) is 14.4. The molecule has 1 aliphatic rings. The molecule has 0 bridgehead atoms. The fourth-order valence-corrected chi connectivity index (χ4v) is 2.66. The first-order chi connectivity index (χ1) is 9.65. The van der Waals surface area contributed by atoms with E-state index in [4.69, 9.17) is 4.74 Å². The lowest BCUT2D eigenvalue weighted by Gasteiger charge is -2.26. The Labute approximate surface area is 121 Å². The van der Waals surface area contributed by atoms with Crippen molar-refractivity contribution in [3.8, 4) is 0 Å². The molecule has 1 heterocycles. The van der Waals surface area contributed by atoms with Crippen molar-refractivity contribution in [2.75, 3.05) is 33.4 Å². The van der Waals surface area contributed by atoms with Crippen LogP contribution in [0.1, 0.15) is 35.2 Å². The molecule has 1 atom stereocenters. The van der Waals surface area contributed by atoms with Crippen molar-refractivity contribution < 1.29 is 9.53 Å². The van der Waals surface area contributed by atoms with Gasteiger partial charge in [-0.15, -0.1) is 0 Å². The fraction of sp³-hybridized carbons (Fsp3) is 0.588. The number of benzene rings is 1. The maximum Gasteiger partial charge on any atom is 0.164 e. The second-order valence-electron chi connectivity index (χ2n) is 5.88. The monoisotopic (exact) mass is 275 g/mol. The van der Waals surface area contributed by atoms with Gasteiger partial charge >= 0.3 is 0 Å². The fourth-order valence-electron chi connectivity index (χ4n) is 2.66. The predicted octanol–water partition coefficient (Wildman–Crippen LogP) is 2.93. The van der Waals surface area contributed by atoms with Crippen LogP contribution in [0.25, 0.3) is 0 Å². The molecule has 20 heavy (non-hydrogen) atoms. The third-order valence-corrected chi connectivity index (χ3v) is 3.92. The van der Waals surface area contributed by atoms with E-state index in [1.165, 1.54) is 18.4 Å². The summed E-state index contributed by atoms with van der Waals surface area (Å²) in [6.07, 6.45) is 3.00. The molecule has 0 radical (unpaired) electrons. The molecule has 3 heteroatoms. The first kappa shape index (κ1) is 15.2. The summed E-state index contributed by atoms with van der Waals surface area (Å²) in [5.41, 5.74) is 2.01. The van der Waals surface area contributed by atoms with Crippen LogP contribution in [0.4, 0.5) is 0 Å². The van der Waals surface area contributed by atoms with Crippen LogP contribution in [-0.2, 0) is 4.74 Å². The summed E-state index contributed by atoms with van der Waals surface area (Å²) in [5, 5.41) is 0. The quantitative estimate of drug-likeness (QED) is 0.748. The molecule has 0 N–H and O–H groups in total. The topological polar surface area (TPSA) is 29.5 Å². The number of ether oxygens (including phenoxy) is 1. The van der Waals surface area contributed by atoms with Crippen molar-refractivity contribution in [3.05, 3.63) is 35.4 Å². The van der Waals surface area contributed by atoms with Gasteiger partial charge in [-0.05, 0) is 32.7 Å². The zero-order valence-corrected chi connectivity index (χ0v) is 12.6. The molecular formula is C17H25NO2. The summed E-state index contributed by atoms with van der Waals surface area (Å²) < 4.78 is 5.50. The number of Topliss-reactive ketones (excluding diaryl/α,β-unsaturated/α-hetero) is 1. The molecule has 3 nitrogen and oxygen atoms in total. The van der Waals surface area contributed by atoms with Crippen molar-refractivity contribution in [3.63, 3.8) is 0 Å². The van der Waals surface area contributed by atoms with E-state index in [1.54, 1.807) is 0 Å². The van der Waals surface area contributed by atoms with Crippen LogP contribution < -0.4 is 0 Å². The minimum atomic E-state index is 0.233. The van der Waals surface area contributed by atoms with Gasteiger partial charge in [-0.3, -0.25) is 4.79 Å². The highest BCUT2D eigenvalue weighted by atomic mass is 16.5. The smallest absolute Gasteiger partial charge is 0.164 e. The van der Waals surface area contributed by atoms with Gasteiger partial charge in [-0.1, -0.05) is 29.8 Å². The highest BCUT2D eigenvalue weighted by molar-refractivity contribution is 5.96. The lowest BCUT2D eigenvalue weighted by molar-refractivity contribution is 0.0418. The van der Waals surface area contributed by atoms with Gasteiger partial charge in [0.05, 0.1) is 6.61 Å². The molecule has 0 saturated carbocycles. The zero-order chi connectivity index (χ0) is 14.4. The van der Waals surface area contributed by atoms with Crippen LogP contribution in [0.2, 0.25) is 0 Å². The molecule has 110 valence electrons. The number of ketones is 1. The number of carbonyl (C=O) groups excluding carboxylic acids is 1. The minimum Gasteiger partial charge on any atom is -0.381 e. The van der Waals surface area contributed by atoms with Gasteiger partial charge in [0.15, 0.2) is 5.78 Å². The Balaban J connectivity index is 1.73. The summed E-state index contributed by atoms with van der Waals surface area (Å²) in [5.74, 6) is 0.861. The Bertz CT molecular complexity index is 421. The van der Waals surface area contributed by atoms with Crippen LogP contribution in [0.3, 0.4) is 0 Å². The van der Waals surface area contributed by atoms with E-state index in [2.05, 4.69) is 11.9 Å². The lowest BCUT2D eigenvalue weighted by atomic mass is 10.0. The van der Waals surface area contributed by atoms with Crippen LogP contribution in [0.15, 0.2) is 24.3 Å². The molecule has 1 fully saturated rings. The Hall–Kier alpha value is -1.19. The van der Waals surface area contributed by atoms with Gasteiger partial charge in [0.25, 0.3) is 0 Å². The van der Waals surface area contributed by atoms with E-state index in [0.717, 1.165) is 31.9 Å². The van der Waals surface area contributed by atoms with Crippen molar-refractivity contribution in [1.82, 2.24) is 4.90 Å². The third kappa shape index (κ3) is 4.73. The Kier molecular flexibility index (Phi) is 5.74. The first-order valence-electron chi connectivity index (χ1n) is 7.51.